The number of hydrogen-bond donors (Lipinski definition) is 0. The largest absolute Gasteiger partial charge is 0.466 e. The predicted molar refractivity (Wildman–Crippen MR) is 85.8 cm³/mol. The van der Waals surface area contributed by atoms with E-state index in [1.165, 1.54) is 64.2 Å². The van der Waals surface area contributed by atoms with Gasteiger partial charge in [-0.2, -0.15) is 0 Å². The molecule has 3 heteroatoms. The fourth-order valence-electron chi connectivity index (χ4n) is 2.19. The predicted octanol–water partition coefficient (Wildman–Crippen LogP) is 5.63. The van der Waals surface area contributed by atoms with Gasteiger partial charge >= 0.3 is 5.97 Å². The minimum absolute atomic E-state index is 0.0361. The van der Waals surface area contributed by atoms with Crippen LogP contribution in [0.15, 0.2) is 0 Å². The lowest BCUT2D eigenvalue weighted by molar-refractivity contribution is -0.143. The molecule has 0 bridgehead atoms. The Morgan fingerprint density at radius 3 is 1.63 bits per heavy atom. The Bertz CT molecular complexity index is 195. The molecule has 0 aliphatic heterocycles. The summed E-state index contributed by atoms with van der Waals surface area (Å²) in [5, 5.41) is 1.15. The van der Waals surface area contributed by atoms with Crippen molar-refractivity contribution in [3.63, 3.8) is 0 Å². The average Bonchev–Trinajstić information content (AvgIpc) is 2.40. The zero-order valence-electron chi connectivity index (χ0n) is 12.6. The molecule has 0 unspecified atom stereocenters. The molecule has 0 atom stereocenters. The zero-order valence-corrected chi connectivity index (χ0v) is 14.2. The standard InChI is InChI=1S/C16H31BrO2/c1-2-19-16(18)14-12-10-8-6-4-3-5-7-9-11-13-15-17/h2-15H2,1H3. The van der Waals surface area contributed by atoms with Crippen LogP contribution < -0.4 is 0 Å². The van der Waals surface area contributed by atoms with Crippen LogP contribution in [0, 0.1) is 0 Å². The normalized spacial score (nSPS) is 10.6. The van der Waals surface area contributed by atoms with Gasteiger partial charge in [-0.15, -0.1) is 0 Å². The Balaban J connectivity index is 3.01. The minimum atomic E-state index is -0.0361. The molecule has 2 nitrogen and oxygen atoms in total. The molecule has 0 radical (unpaired) electrons. The maximum atomic E-state index is 11.1. The third kappa shape index (κ3) is 15.9. The van der Waals surface area contributed by atoms with Crippen LogP contribution in [0.5, 0.6) is 0 Å². The zero-order chi connectivity index (χ0) is 14.2. The highest BCUT2D eigenvalue weighted by molar-refractivity contribution is 9.09. The highest BCUT2D eigenvalue weighted by atomic mass is 79.9. The van der Waals surface area contributed by atoms with Crippen LogP contribution in [-0.4, -0.2) is 17.9 Å². The molecule has 0 aromatic heterocycles. The molecule has 19 heavy (non-hydrogen) atoms. The van der Waals surface area contributed by atoms with Gasteiger partial charge in [0.2, 0.25) is 0 Å². The second-order valence-corrected chi connectivity index (χ2v) is 5.93. The van der Waals surface area contributed by atoms with Crippen LogP contribution in [0.4, 0.5) is 0 Å². The van der Waals surface area contributed by atoms with Crippen molar-refractivity contribution in [1.29, 1.82) is 0 Å². The Kier molecular flexibility index (Phi) is 16.0. The Morgan fingerprint density at radius 2 is 1.21 bits per heavy atom. The Hall–Kier alpha value is -0.0500. The van der Waals surface area contributed by atoms with Gasteiger partial charge in [0.25, 0.3) is 0 Å². The van der Waals surface area contributed by atoms with Crippen LogP contribution in [0.25, 0.3) is 0 Å². The Morgan fingerprint density at radius 1 is 0.789 bits per heavy atom. The second-order valence-electron chi connectivity index (χ2n) is 5.13. The summed E-state index contributed by atoms with van der Waals surface area (Å²) < 4.78 is 4.90. The van der Waals surface area contributed by atoms with E-state index in [4.69, 9.17) is 4.74 Å². The molecule has 0 aromatic rings. The molecule has 0 rings (SSSR count). The van der Waals surface area contributed by atoms with Crippen molar-refractivity contribution in [2.45, 2.75) is 84.0 Å². The van der Waals surface area contributed by atoms with E-state index in [9.17, 15) is 4.79 Å². The molecule has 0 fully saturated rings. The topological polar surface area (TPSA) is 26.3 Å². The molecule has 0 saturated carbocycles. The molecule has 0 spiro atoms. The summed E-state index contributed by atoms with van der Waals surface area (Å²) in [6.07, 6.45) is 15.0. The SMILES string of the molecule is CCOC(=O)CCCCCCCCCCCCCBr. The molecule has 0 aliphatic carbocycles. The Labute approximate surface area is 127 Å². The number of esters is 1. The van der Waals surface area contributed by atoms with Gasteiger partial charge in [0.05, 0.1) is 6.61 Å². The number of hydrogen-bond acceptors (Lipinski definition) is 2. The van der Waals surface area contributed by atoms with E-state index in [2.05, 4.69) is 15.9 Å². The first-order valence-corrected chi connectivity index (χ1v) is 9.15. The van der Waals surface area contributed by atoms with Crippen molar-refractivity contribution < 1.29 is 9.53 Å². The molecule has 0 aliphatic rings. The third-order valence-corrected chi connectivity index (χ3v) is 3.88. The van der Waals surface area contributed by atoms with Crippen LogP contribution in [0.3, 0.4) is 0 Å². The number of rotatable bonds is 14. The molecule has 114 valence electrons. The van der Waals surface area contributed by atoms with Crippen molar-refractivity contribution in [3.8, 4) is 0 Å². The number of unbranched alkanes of at least 4 members (excludes halogenated alkanes) is 10. The van der Waals surface area contributed by atoms with Crippen LogP contribution in [0.2, 0.25) is 0 Å². The highest BCUT2D eigenvalue weighted by Gasteiger charge is 2.00. The summed E-state index contributed by atoms with van der Waals surface area (Å²) in [5.41, 5.74) is 0. The number of carbonyl (C=O) groups excluding carboxylic acids is 1. The van der Waals surface area contributed by atoms with Gasteiger partial charge in [0, 0.05) is 11.8 Å². The van der Waals surface area contributed by atoms with E-state index in [1.807, 2.05) is 6.92 Å². The maximum Gasteiger partial charge on any atom is 0.305 e. The summed E-state index contributed by atoms with van der Waals surface area (Å²) in [4.78, 5) is 11.1. The molecule has 0 aromatic carbocycles. The van der Waals surface area contributed by atoms with Gasteiger partial charge in [-0.3, -0.25) is 4.79 Å². The van der Waals surface area contributed by atoms with Gasteiger partial charge in [-0.25, -0.2) is 0 Å². The smallest absolute Gasteiger partial charge is 0.305 e. The number of carbonyl (C=O) groups is 1. The van der Waals surface area contributed by atoms with Gasteiger partial charge in [0.15, 0.2) is 0 Å². The highest BCUT2D eigenvalue weighted by Crippen LogP contribution is 2.12. The molecule has 0 heterocycles. The monoisotopic (exact) mass is 334 g/mol. The van der Waals surface area contributed by atoms with E-state index < -0.39 is 0 Å². The van der Waals surface area contributed by atoms with Crippen LogP contribution >= 0.6 is 15.9 Å². The van der Waals surface area contributed by atoms with E-state index in [-0.39, 0.29) is 5.97 Å². The van der Waals surface area contributed by atoms with Crippen molar-refractivity contribution in [3.05, 3.63) is 0 Å². The lowest BCUT2D eigenvalue weighted by Gasteiger charge is -2.03. The maximum absolute atomic E-state index is 11.1. The second kappa shape index (κ2) is 16.0. The molecular weight excluding hydrogens is 304 g/mol. The first-order valence-electron chi connectivity index (χ1n) is 8.02. The lowest BCUT2D eigenvalue weighted by Crippen LogP contribution is -2.03. The average molecular weight is 335 g/mol. The van der Waals surface area contributed by atoms with E-state index in [1.54, 1.807) is 0 Å². The summed E-state index contributed by atoms with van der Waals surface area (Å²) in [5.74, 6) is -0.0361. The fraction of sp³-hybridized carbons (Fsp3) is 0.938. The van der Waals surface area contributed by atoms with Crippen LogP contribution in [-0.2, 0) is 9.53 Å². The fourth-order valence-corrected chi connectivity index (χ4v) is 2.58. The molecular formula is C16H31BrO2. The first kappa shape index (κ1) is 18.9. The summed E-state index contributed by atoms with van der Waals surface area (Å²) in [7, 11) is 0. The van der Waals surface area contributed by atoms with Crippen molar-refractivity contribution in [2.75, 3.05) is 11.9 Å². The first-order chi connectivity index (χ1) is 9.31. The van der Waals surface area contributed by atoms with Gasteiger partial charge < -0.3 is 4.74 Å². The van der Waals surface area contributed by atoms with E-state index in [0.717, 1.165) is 11.8 Å². The summed E-state index contributed by atoms with van der Waals surface area (Å²) in [6, 6.07) is 0. The van der Waals surface area contributed by atoms with Gasteiger partial charge in [0.1, 0.15) is 0 Å². The van der Waals surface area contributed by atoms with Crippen molar-refractivity contribution in [1.82, 2.24) is 0 Å². The lowest BCUT2D eigenvalue weighted by atomic mass is 10.1. The number of ether oxygens (including phenoxy) is 1. The van der Waals surface area contributed by atoms with E-state index in [0.29, 0.717) is 13.0 Å². The van der Waals surface area contributed by atoms with Gasteiger partial charge in [-0.05, 0) is 19.8 Å². The molecule has 0 N–H and O–H groups in total. The van der Waals surface area contributed by atoms with Crippen LogP contribution in [0.1, 0.15) is 84.0 Å². The summed E-state index contributed by atoms with van der Waals surface area (Å²) >= 11 is 3.46. The number of halogens is 1. The minimum Gasteiger partial charge on any atom is -0.466 e. The number of alkyl halides is 1. The van der Waals surface area contributed by atoms with E-state index >= 15 is 0 Å². The van der Waals surface area contributed by atoms with Gasteiger partial charge in [-0.1, -0.05) is 73.7 Å². The summed E-state index contributed by atoms with van der Waals surface area (Å²) in [6.45, 7) is 2.37. The molecule has 0 amide bonds. The quantitative estimate of drug-likeness (QED) is 0.234. The van der Waals surface area contributed by atoms with Crippen molar-refractivity contribution in [2.24, 2.45) is 0 Å². The third-order valence-electron chi connectivity index (χ3n) is 3.32. The molecule has 0 saturated heterocycles. The van der Waals surface area contributed by atoms with Crippen molar-refractivity contribution >= 4 is 21.9 Å².